The van der Waals surface area contributed by atoms with Crippen molar-refractivity contribution in [1.82, 2.24) is 14.8 Å². The third-order valence-electron chi connectivity index (χ3n) is 2.80. The molecule has 0 bridgehead atoms. The molecule has 2 rings (SSSR count). The van der Waals surface area contributed by atoms with Crippen LogP contribution in [-0.2, 0) is 6.54 Å². The lowest BCUT2D eigenvalue weighted by Crippen LogP contribution is -2.17. The van der Waals surface area contributed by atoms with Crippen molar-refractivity contribution >= 4 is 23.4 Å². The van der Waals surface area contributed by atoms with Gasteiger partial charge in [-0.25, -0.2) is 9.89 Å². The Morgan fingerprint density at radius 3 is 2.89 bits per heavy atom. The minimum absolute atomic E-state index is 0.138. The van der Waals surface area contributed by atoms with Crippen LogP contribution >= 0.6 is 23.4 Å². The van der Waals surface area contributed by atoms with Gasteiger partial charge in [-0.05, 0) is 25.0 Å². The number of thioether (sulfide) groups is 1. The van der Waals surface area contributed by atoms with Crippen LogP contribution in [0.1, 0.15) is 31.1 Å². The quantitative estimate of drug-likeness (QED) is 0.860. The van der Waals surface area contributed by atoms with Crippen molar-refractivity contribution in [2.24, 2.45) is 0 Å². The van der Waals surface area contributed by atoms with Crippen LogP contribution in [0.3, 0.4) is 0 Å². The molecule has 1 atom stereocenters. The third-order valence-corrected chi connectivity index (χ3v) is 4.27. The number of hydrogen-bond donors (Lipinski definition) is 1. The lowest BCUT2D eigenvalue weighted by Gasteiger charge is -2.12. The number of rotatable bonds is 5. The first-order valence-corrected chi connectivity index (χ1v) is 7.45. The van der Waals surface area contributed by atoms with Crippen molar-refractivity contribution in [3.8, 4) is 0 Å². The lowest BCUT2D eigenvalue weighted by molar-refractivity contribution is 0.603. The van der Waals surface area contributed by atoms with Crippen molar-refractivity contribution in [1.29, 1.82) is 0 Å². The molecule has 1 heterocycles. The van der Waals surface area contributed by atoms with E-state index in [0.29, 0.717) is 11.7 Å². The molecule has 19 heavy (non-hydrogen) atoms. The van der Waals surface area contributed by atoms with E-state index in [1.54, 1.807) is 4.57 Å². The van der Waals surface area contributed by atoms with Crippen LogP contribution in [0.25, 0.3) is 0 Å². The number of aromatic nitrogens is 3. The zero-order valence-corrected chi connectivity index (χ0v) is 12.5. The van der Waals surface area contributed by atoms with Gasteiger partial charge in [0.15, 0.2) is 5.16 Å². The highest BCUT2D eigenvalue weighted by atomic mass is 35.5. The summed E-state index contributed by atoms with van der Waals surface area (Å²) < 4.78 is 1.66. The van der Waals surface area contributed by atoms with Gasteiger partial charge < -0.3 is 0 Å². The summed E-state index contributed by atoms with van der Waals surface area (Å²) in [7, 11) is 0. The van der Waals surface area contributed by atoms with E-state index in [2.05, 4.69) is 17.1 Å². The molecular weight excluding hydrogens is 282 g/mol. The topological polar surface area (TPSA) is 50.7 Å². The highest BCUT2D eigenvalue weighted by Crippen LogP contribution is 2.36. The first-order chi connectivity index (χ1) is 9.13. The second kappa shape index (κ2) is 6.30. The van der Waals surface area contributed by atoms with Gasteiger partial charge in [0.05, 0.1) is 0 Å². The molecule has 1 unspecified atom stereocenters. The van der Waals surface area contributed by atoms with Gasteiger partial charge in [-0.1, -0.05) is 48.5 Å². The Morgan fingerprint density at radius 2 is 2.21 bits per heavy atom. The summed E-state index contributed by atoms with van der Waals surface area (Å²) in [5, 5.41) is 8.16. The molecule has 0 saturated carbocycles. The average Bonchev–Trinajstić information content (AvgIpc) is 2.72. The molecule has 102 valence electrons. The third kappa shape index (κ3) is 3.22. The number of nitrogens with zero attached hydrogens (tertiary/aromatic N) is 2. The van der Waals surface area contributed by atoms with E-state index in [1.165, 1.54) is 11.8 Å². The smallest absolute Gasteiger partial charge is 0.270 e. The minimum Gasteiger partial charge on any atom is -0.270 e. The van der Waals surface area contributed by atoms with E-state index in [-0.39, 0.29) is 10.9 Å². The summed E-state index contributed by atoms with van der Waals surface area (Å²) in [4.78, 5) is 11.6. The van der Waals surface area contributed by atoms with E-state index in [1.807, 2.05) is 31.2 Å². The Balaban J connectivity index is 2.22. The number of halogens is 1. The van der Waals surface area contributed by atoms with Crippen molar-refractivity contribution in [2.45, 2.75) is 37.2 Å². The SMILES string of the molecule is CCCn1c(SC(C)c2ccccc2Cl)n[nH]c1=O. The fourth-order valence-corrected chi connectivity index (χ4v) is 3.25. The first kappa shape index (κ1) is 14.2. The van der Waals surface area contributed by atoms with Gasteiger partial charge in [-0.3, -0.25) is 4.57 Å². The van der Waals surface area contributed by atoms with Crippen molar-refractivity contribution < 1.29 is 0 Å². The molecular formula is C13H16ClN3OS. The van der Waals surface area contributed by atoms with Crippen molar-refractivity contribution in [2.75, 3.05) is 0 Å². The van der Waals surface area contributed by atoms with E-state index >= 15 is 0 Å². The van der Waals surface area contributed by atoms with Gasteiger partial charge in [0.1, 0.15) is 0 Å². The summed E-state index contributed by atoms with van der Waals surface area (Å²) >= 11 is 7.72. The molecule has 0 aliphatic carbocycles. The Labute approximate surface area is 121 Å². The second-order valence-electron chi connectivity index (χ2n) is 4.24. The maximum Gasteiger partial charge on any atom is 0.343 e. The molecule has 1 aromatic carbocycles. The fraction of sp³-hybridized carbons (Fsp3) is 0.385. The highest BCUT2D eigenvalue weighted by molar-refractivity contribution is 7.99. The number of nitrogens with one attached hydrogen (secondary N) is 1. The molecule has 6 heteroatoms. The Hall–Kier alpha value is -1.20. The standard InChI is InChI=1S/C13H16ClN3OS/c1-3-8-17-12(18)15-16-13(17)19-9(2)10-6-4-5-7-11(10)14/h4-7,9H,3,8H2,1-2H3,(H,15,18). The lowest BCUT2D eigenvalue weighted by atomic mass is 10.2. The second-order valence-corrected chi connectivity index (χ2v) is 5.96. The average molecular weight is 298 g/mol. The number of H-pyrrole nitrogens is 1. The van der Waals surface area contributed by atoms with Crippen LogP contribution < -0.4 is 5.69 Å². The normalized spacial score (nSPS) is 12.6. The zero-order valence-electron chi connectivity index (χ0n) is 10.9. The summed E-state index contributed by atoms with van der Waals surface area (Å²) in [5.74, 6) is 0. The Bertz CT molecular complexity index is 608. The van der Waals surface area contributed by atoms with E-state index < -0.39 is 0 Å². The van der Waals surface area contributed by atoms with Crippen molar-refractivity contribution in [3.05, 3.63) is 45.3 Å². The van der Waals surface area contributed by atoms with Crippen LogP contribution in [0.15, 0.2) is 34.2 Å². The van der Waals surface area contributed by atoms with Gasteiger partial charge in [0.25, 0.3) is 0 Å². The molecule has 4 nitrogen and oxygen atoms in total. The van der Waals surface area contributed by atoms with Gasteiger partial charge in [-0.2, -0.15) is 0 Å². The molecule has 0 saturated heterocycles. The molecule has 0 amide bonds. The summed E-state index contributed by atoms with van der Waals surface area (Å²) in [6, 6.07) is 7.74. The van der Waals surface area contributed by atoms with Crippen molar-refractivity contribution in [3.63, 3.8) is 0 Å². The monoisotopic (exact) mass is 297 g/mol. The van der Waals surface area contributed by atoms with Crippen LogP contribution in [0.5, 0.6) is 0 Å². The zero-order chi connectivity index (χ0) is 13.8. The predicted molar refractivity (Wildman–Crippen MR) is 78.9 cm³/mol. The predicted octanol–water partition coefficient (Wildman–Crippen LogP) is 3.49. The highest BCUT2D eigenvalue weighted by Gasteiger charge is 2.15. The Kier molecular flexibility index (Phi) is 4.71. The molecule has 2 aromatic rings. The molecule has 1 N–H and O–H groups in total. The largest absolute Gasteiger partial charge is 0.343 e. The summed E-state index contributed by atoms with van der Waals surface area (Å²) in [5.41, 5.74) is 0.892. The van der Waals surface area contributed by atoms with E-state index in [9.17, 15) is 4.79 Å². The molecule has 0 radical (unpaired) electrons. The van der Waals surface area contributed by atoms with Gasteiger partial charge in [-0.15, -0.1) is 5.10 Å². The van der Waals surface area contributed by atoms with E-state index in [4.69, 9.17) is 11.6 Å². The fourth-order valence-electron chi connectivity index (χ4n) is 1.84. The molecule has 0 spiro atoms. The van der Waals surface area contributed by atoms with Crippen LogP contribution in [-0.4, -0.2) is 14.8 Å². The summed E-state index contributed by atoms with van der Waals surface area (Å²) in [6.07, 6.45) is 0.896. The minimum atomic E-state index is -0.157. The number of hydrogen-bond acceptors (Lipinski definition) is 3. The maximum atomic E-state index is 11.6. The van der Waals surface area contributed by atoms with E-state index in [0.717, 1.165) is 17.0 Å². The van der Waals surface area contributed by atoms with Crippen LogP contribution in [0, 0.1) is 0 Å². The first-order valence-electron chi connectivity index (χ1n) is 6.19. The molecule has 1 aromatic heterocycles. The van der Waals surface area contributed by atoms with Gasteiger partial charge in [0, 0.05) is 16.8 Å². The Morgan fingerprint density at radius 1 is 1.47 bits per heavy atom. The number of aromatic amines is 1. The van der Waals surface area contributed by atoms with Crippen LogP contribution in [0.2, 0.25) is 5.02 Å². The van der Waals surface area contributed by atoms with Crippen LogP contribution in [0.4, 0.5) is 0 Å². The molecule has 0 aliphatic rings. The summed E-state index contributed by atoms with van der Waals surface area (Å²) in [6.45, 7) is 4.76. The maximum absolute atomic E-state index is 11.6. The molecule has 0 fully saturated rings. The van der Waals surface area contributed by atoms with Gasteiger partial charge in [0.2, 0.25) is 0 Å². The van der Waals surface area contributed by atoms with Gasteiger partial charge >= 0.3 is 5.69 Å². The number of benzene rings is 1. The molecule has 0 aliphatic heterocycles.